The van der Waals surface area contributed by atoms with Gasteiger partial charge in [0.05, 0.1) is 18.3 Å². The number of pyridine rings is 1. The summed E-state index contributed by atoms with van der Waals surface area (Å²) in [4.78, 5) is 17.6. The summed E-state index contributed by atoms with van der Waals surface area (Å²) >= 11 is 6.13. The van der Waals surface area contributed by atoms with Gasteiger partial charge in [0, 0.05) is 40.5 Å². The smallest absolute Gasteiger partial charge is 0.251 e. The second-order valence-electron chi connectivity index (χ2n) is 7.02. The molecule has 1 N–H and O–H groups in total. The summed E-state index contributed by atoms with van der Waals surface area (Å²) in [7, 11) is 0. The Morgan fingerprint density at radius 2 is 2.00 bits per heavy atom. The molecular weight excluding hydrogens is 386 g/mol. The molecule has 1 atom stereocenters. The maximum Gasteiger partial charge on any atom is 0.251 e. The zero-order valence-corrected chi connectivity index (χ0v) is 16.3. The Balaban J connectivity index is 1.41. The Kier molecular flexibility index (Phi) is 4.45. The van der Waals surface area contributed by atoms with Crippen molar-refractivity contribution >= 4 is 23.2 Å². The van der Waals surface area contributed by atoms with Gasteiger partial charge in [0.2, 0.25) is 0 Å². The van der Waals surface area contributed by atoms with Crippen molar-refractivity contribution in [1.82, 2.24) is 14.7 Å². The first kappa shape index (κ1) is 17.8. The van der Waals surface area contributed by atoms with E-state index in [9.17, 15) is 4.79 Å². The average Bonchev–Trinajstić information content (AvgIpc) is 3.18. The predicted molar refractivity (Wildman–Crippen MR) is 112 cm³/mol. The number of rotatable bonds is 3. The van der Waals surface area contributed by atoms with Gasteiger partial charge in [-0.1, -0.05) is 41.9 Å². The fraction of sp³-hybridized carbons (Fsp3) is 0.130. The molecular formula is C23H18ClN3O2. The van der Waals surface area contributed by atoms with Crippen molar-refractivity contribution in [1.29, 1.82) is 0 Å². The fourth-order valence-corrected chi connectivity index (χ4v) is 3.81. The second-order valence-corrected chi connectivity index (χ2v) is 7.45. The van der Waals surface area contributed by atoms with Gasteiger partial charge in [0.25, 0.3) is 5.91 Å². The SMILES string of the molecule is O=C(NC1CCOc2ccc(Cl)cc21)c1ccn2cc(-c3ccccc3)nc2c1. The lowest BCUT2D eigenvalue weighted by atomic mass is 10.00. The first-order valence-corrected chi connectivity index (χ1v) is 9.82. The molecule has 1 aliphatic heterocycles. The van der Waals surface area contributed by atoms with Gasteiger partial charge in [-0.25, -0.2) is 4.98 Å². The molecule has 1 amide bonds. The molecule has 6 heteroatoms. The number of fused-ring (bicyclic) bond motifs is 2. The third kappa shape index (κ3) is 3.45. The summed E-state index contributed by atoms with van der Waals surface area (Å²) < 4.78 is 7.59. The third-order valence-electron chi connectivity index (χ3n) is 5.11. The summed E-state index contributed by atoms with van der Waals surface area (Å²) in [5.41, 5.74) is 4.11. The Morgan fingerprint density at radius 3 is 2.86 bits per heavy atom. The van der Waals surface area contributed by atoms with Crippen molar-refractivity contribution in [2.24, 2.45) is 0 Å². The number of hydrogen-bond donors (Lipinski definition) is 1. The van der Waals surface area contributed by atoms with Crippen LogP contribution in [0.3, 0.4) is 0 Å². The van der Waals surface area contributed by atoms with Crippen LogP contribution in [0.1, 0.15) is 28.4 Å². The highest BCUT2D eigenvalue weighted by atomic mass is 35.5. The fourth-order valence-electron chi connectivity index (χ4n) is 3.63. The van der Waals surface area contributed by atoms with E-state index in [1.54, 1.807) is 18.2 Å². The monoisotopic (exact) mass is 403 g/mol. The van der Waals surface area contributed by atoms with E-state index in [4.69, 9.17) is 16.3 Å². The number of hydrogen-bond acceptors (Lipinski definition) is 3. The first-order valence-electron chi connectivity index (χ1n) is 9.45. The number of nitrogens with one attached hydrogen (secondary N) is 1. The summed E-state index contributed by atoms with van der Waals surface area (Å²) in [5.74, 6) is 0.622. The molecule has 0 saturated heterocycles. The van der Waals surface area contributed by atoms with E-state index < -0.39 is 0 Å². The van der Waals surface area contributed by atoms with E-state index in [2.05, 4.69) is 10.3 Å². The normalized spacial score (nSPS) is 15.6. The van der Waals surface area contributed by atoms with Crippen LogP contribution >= 0.6 is 11.6 Å². The maximum atomic E-state index is 12.9. The maximum absolute atomic E-state index is 12.9. The lowest BCUT2D eigenvalue weighted by molar-refractivity contribution is 0.0925. The standard InChI is InChI=1S/C23H18ClN3O2/c24-17-6-7-21-18(13-17)19(9-11-29-21)26-23(28)16-8-10-27-14-20(25-22(27)12-16)15-4-2-1-3-5-15/h1-8,10,12-14,19H,9,11H2,(H,26,28). The summed E-state index contributed by atoms with van der Waals surface area (Å²) in [6, 6.07) is 18.9. The van der Waals surface area contributed by atoms with Crippen LogP contribution in [0.15, 0.2) is 73.1 Å². The Morgan fingerprint density at radius 1 is 1.14 bits per heavy atom. The van der Waals surface area contributed by atoms with Crippen molar-refractivity contribution < 1.29 is 9.53 Å². The highest BCUT2D eigenvalue weighted by Crippen LogP contribution is 2.34. The molecule has 3 heterocycles. The van der Waals surface area contributed by atoms with Crippen LogP contribution in [0.4, 0.5) is 0 Å². The van der Waals surface area contributed by atoms with Crippen LogP contribution in [0, 0.1) is 0 Å². The number of ether oxygens (including phenoxy) is 1. The zero-order valence-electron chi connectivity index (χ0n) is 15.5. The zero-order chi connectivity index (χ0) is 19.8. The van der Waals surface area contributed by atoms with Crippen LogP contribution < -0.4 is 10.1 Å². The molecule has 2 aromatic heterocycles. The third-order valence-corrected chi connectivity index (χ3v) is 5.34. The quantitative estimate of drug-likeness (QED) is 0.529. The van der Waals surface area contributed by atoms with Crippen LogP contribution in [-0.2, 0) is 0 Å². The van der Waals surface area contributed by atoms with E-state index in [0.29, 0.717) is 23.6 Å². The van der Waals surface area contributed by atoms with Gasteiger partial charge < -0.3 is 14.5 Å². The minimum absolute atomic E-state index is 0.138. The highest BCUT2D eigenvalue weighted by Gasteiger charge is 2.24. The predicted octanol–water partition coefficient (Wildman–Crippen LogP) is 4.91. The van der Waals surface area contributed by atoms with Gasteiger partial charge in [0.1, 0.15) is 11.4 Å². The van der Waals surface area contributed by atoms with Crippen molar-refractivity contribution in [3.63, 3.8) is 0 Å². The topological polar surface area (TPSA) is 55.6 Å². The van der Waals surface area contributed by atoms with Crippen molar-refractivity contribution in [3.8, 4) is 17.0 Å². The molecule has 0 aliphatic carbocycles. The number of carbonyl (C=O) groups excluding carboxylic acids is 1. The Bertz CT molecular complexity index is 1200. The van der Waals surface area contributed by atoms with Crippen molar-refractivity contribution in [2.45, 2.75) is 12.5 Å². The largest absolute Gasteiger partial charge is 0.493 e. The molecule has 0 bridgehead atoms. The molecule has 4 aromatic rings. The Labute approximate surface area is 172 Å². The molecule has 0 spiro atoms. The number of nitrogens with zero attached hydrogens (tertiary/aromatic N) is 2. The van der Waals surface area contributed by atoms with Gasteiger partial charge in [-0.3, -0.25) is 4.79 Å². The van der Waals surface area contributed by atoms with Crippen LogP contribution in [0.5, 0.6) is 5.75 Å². The lowest BCUT2D eigenvalue weighted by Gasteiger charge is -2.27. The molecule has 29 heavy (non-hydrogen) atoms. The van der Waals surface area contributed by atoms with Gasteiger partial charge in [-0.2, -0.15) is 0 Å². The average molecular weight is 404 g/mol. The second kappa shape index (κ2) is 7.26. The summed E-state index contributed by atoms with van der Waals surface area (Å²) in [6.07, 6.45) is 4.52. The number of amides is 1. The molecule has 2 aromatic carbocycles. The van der Waals surface area contributed by atoms with Gasteiger partial charge in [-0.05, 0) is 30.3 Å². The van der Waals surface area contributed by atoms with Crippen molar-refractivity contribution in [2.75, 3.05) is 6.61 Å². The van der Waals surface area contributed by atoms with E-state index in [1.165, 1.54) is 0 Å². The molecule has 1 unspecified atom stereocenters. The van der Waals surface area contributed by atoms with Gasteiger partial charge >= 0.3 is 0 Å². The molecule has 1 aliphatic rings. The van der Waals surface area contributed by atoms with E-state index in [-0.39, 0.29) is 11.9 Å². The number of carbonyl (C=O) groups is 1. The molecule has 5 rings (SSSR count). The number of benzene rings is 2. The van der Waals surface area contributed by atoms with E-state index in [1.807, 2.05) is 59.3 Å². The molecule has 5 nitrogen and oxygen atoms in total. The van der Waals surface area contributed by atoms with E-state index in [0.717, 1.165) is 28.2 Å². The Hall–Kier alpha value is -3.31. The van der Waals surface area contributed by atoms with E-state index >= 15 is 0 Å². The van der Waals surface area contributed by atoms with Crippen LogP contribution in [0.25, 0.3) is 16.9 Å². The minimum atomic E-state index is -0.144. The van der Waals surface area contributed by atoms with Crippen LogP contribution in [-0.4, -0.2) is 21.9 Å². The van der Waals surface area contributed by atoms with Gasteiger partial charge in [-0.15, -0.1) is 0 Å². The van der Waals surface area contributed by atoms with Gasteiger partial charge in [0.15, 0.2) is 0 Å². The highest BCUT2D eigenvalue weighted by molar-refractivity contribution is 6.30. The summed E-state index contributed by atoms with van der Waals surface area (Å²) in [5, 5.41) is 3.73. The minimum Gasteiger partial charge on any atom is -0.493 e. The molecule has 0 saturated carbocycles. The lowest BCUT2D eigenvalue weighted by Crippen LogP contribution is -2.32. The number of imidazole rings is 1. The number of halogens is 1. The molecule has 144 valence electrons. The molecule has 0 fully saturated rings. The molecule has 0 radical (unpaired) electrons. The first-order chi connectivity index (χ1) is 14.2. The summed E-state index contributed by atoms with van der Waals surface area (Å²) in [6.45, 7) is 0.555. The number of aromatic nitrogens is 2. The van der Waals surface area contributed by atoms with Crippen molar-refractivity contribution in [3.05, 3.63) is 89.2 Å². The van der Waals surface area contributed by atoms with Crippen LogP contribution in [0.2, 0.25) is 5.02 Å².